The van der Waals surface area contributed by atoms with Gasteiger partial charge in [0.2, 0.25) is 5.91 Å². The lowest BCUT2D eigenvalue weighted by Gasteiger charge is -2.07. The normalized spacial score (nSPS) is 10.6. The molecule has 0 bridgehead atoms. The van der Waals surface area contributed by atoms with Crippen LogP contribution in [-0.4, -0.2) is 20.4 Å². The van der Waals surface area contributed by atoms with E-state index in [1.807, 2.05) is 54.1 Å². The van der Waals surface area contributed by atoms with Crippen LogP contribution < -0.4 is 5.32 Å². The number of aryl methyl sites for hydroxylation is 2. The molecule has 0 saturated carbocycles. The largest absolute Gasteiger partial charge is 0.352 e. The van der Waals surface area contributed by atoms with Crippen LogP contribution in [0.2, 0.25) is 5.02 Å². The van der Waals surface area contributed by atoms with E-state index in [4.69, 9.17) is 11.6 Å². The number of pyridine rings is 1. The number of carbonyl (C=O) groups is 1. The van der Waals surface area contributed by atoms with Crippen LogP contribution in [0.4, 0.5) is 0 Å². The zero-order valence-electron chi connectivity index (χ0n) is 13.9. The summed E-state index contributed by atoms with van der Waals surface area (Å²) in [7, 11) is 0. The first-order valence-corrected chi connectivity index (χ1v) is 8.46. The van der Waals surface area contributed by atoms with Crippen LogP contribution in [0, 0.1) is 6.92 Å². The maximum Gasteiger partial charge on any atom is 0.220 e. The van der Waals surface area contributed by atoms with E-state index in [0.717, 1.165) is 22.8 Å². The third-order valence-corrected chi connectivity index (χ3v) is 4.18. The van der Waals surface area contributed by atoms with Gasteiger partial charge in [0.1, 0.15) is 11.6 Å². The lowest BCUT2D eigenvalue weighted by atomic mass is 10.1. The smallest absolute Gasteiger partial charge is 0.220 e. The Morgan fingerprint density at radius 1 is 1.12 bits per heavy atom. The molecule has 0 radical (unpaired) electrons. The summed E-state index contributed by atoms with van der Waals surface area (Å²) in [6, 6.07) is 11.4. The number of nitrogens with one attached hydrogen (secondary N) is 1. The number of nitrogens with zero attached hydrogens (tertiary/aromatic N) is 3. The Hall–Kier alpha value is -2.66. The first-order chi connectivity index (χ1) is 12.1. The summed E-state index contributed by atoms with van der Waals surface area (Å²) in [5, 5.41) is 3.63. The third kappa shape index (κ3) is 4.67. The second kappa shape index (κ2) is 7.94. The maximum absolute atomic E-state index is 12.0. The van der Waals surface area contributed by atoms with Gasteiger partial charge in [0, 0.05) is 36.6 Å². The predicted octanol–water partition coefficient (Wildman–Crippen LogP) is 3.48. The zero-order chi connectivity index (χ0) is 17.6. The van der Waals surface area contributed by atoms with E-state index in [9.17, 15) is 4.79 Å². The van der Waals surface area contributed by atoms with Crippen LogP contribution >= 0.6 is 11.6 Å². The molecular formula is C19H19ClN4O. The molecule has 0 fully saturated rings. The molecule has 1 aromatic carbocycles. The number of imidazole rings is 1. The summed E-state index contributed by atoms with van der Waals surface area (Å²) in [5.41, 5.74) is 2.06. The minimum atomic E-state index is 0.0180. The fourth-order valence-electron chi connectivity index (χ4n) is 2.48. The quantitative estimate of drug-likeness (QED) is 0.737. The van der Waals surface area contributed by atoms with Crippen molar-refractivity contribution in [2.45, 2.75) is 26.3 Å². The summed E-state index contributed by atoms with van der Waals surface area (Å²) in [6.07, 6.45) is 6.53. The Kier molecular flexibility index (Phi) is 5.46. The van der Waals surface area contributed by atoms with Crippen molar-refractivity contribution in [3.63, 3.8) is 0 Å². The van der Waals surface area contributed by atoms with Crippen LogP contribution in [0.15, 0.2) is 55.0 Å². The zero-order valence-corrected chi connectivity index (χ0v) is 14.7. The Bertz CT molecular complexity index is 841. The average molecular weight is 355 g/mol. The monoisotopic (exact) mass is 354 g/mol. The standard InChI is InChI=1S/C19H19ClN4O/c1-14-21-10-11-24(14)18-8-4-16(12-22-18)13-23-19(25)9-5-15-2-6-17(20)7-3-15/h2-4,6-8,10-12H,5,9,13H2,1H3,(H,23,25). The van der Waals surface area contributed by atoms with E-state index in [2.05, 4.69) is 15.3 Å². The molecule has 25 heavy (non-hydrogen) atoms. The number of amides is 1. The van der Waals surface area contributed by atoms with Crippen molar-refractivity contribution in [3.05, 3.63) is 77.0 Å². The van der Waals surface area contributed by atoms with Crippen molar-refractivity contribution in [2.75, 3.05) is 0 Å². The topological polar surface area (TPSA) is 59.8 Å². The van der Waals surface area contributed by atoms with Gasteiger partial charge in [0.15, 0.2) is 0 Å². The van der Waals surface area contributed by atoms with Crippen LogP contribution in [0.3, 0.4) is 0 Å². The molecule has 5 nitrogen and oxygen atoms in total. The highest BCUT2D eigenvalue weighted by Crippen LogP contribution is 2.11. The van der Waals surface area contributed by atoms with Crippen LogP contribution in [0.5, 0.6) is 0 Å². The Morgan fingerprint density at radius 3 is 2.52 bits per heavy atom. The second-order valence-corrected chi connectivity index (χ2v) is 6.21. The molecule has 128 valence electrons. The molecule has 0 aliphatic rings. The summed E-state index contributed by atoms with van der Waals surface area (Å²) < 4.78 is 1.91. The van der Waals surface area contributed by atoms with Crippen molar-refractivity contribution < 1.29 is 4.79 Å². The van der Waals surface area contributed by atoms with Crippen molar-refractivity contribution in [2.24, 2.45) is 0 Å². The van der Waals surface area contributed by atoms with Gasteiger partial charge in [-0.15, -0.1) is 0 Å². The molecule has 1 amide bonds. The fraction of sp³-hybridized carbons (Fsp3) is 0.211. The molecule has 0 spiro atoms. The Morgan fingerprint density at radius 2 is 1.88 bits per heavy atom. The minimum absolute atomic E-state index is 0.0180. The molecule has 0 unspecified atom stereocenters. The van der Waals surface area contributed by atoms with Crippen molar-refractivity contribution in [1.29, 1.82) is 0 Å². The highest BCUT2D eigenvalue weighted by atomic mass is 35.5. The number of halogens is 1. The molecule has 2 aromatic heterocycles. The second-order valence-electron chi connectivity index (χ2n) is 5.77. The predicted molar refractivity (Wildman–Crippen MR) is 97.7 cm³/mol. The summed E-state index contributed by atoms with van der Waals surface area (Å²) >= 11 is 5.85. The van der Waals surface area contributed by atoms with E-state index in [0.29, 0.717) is 24.4 Å². The van der Waals surface area contributed by atoms with Gasteiger partial charge in [-0.1, -0.05) is 29.8 Å². The molecule has 1 N–H and O–H groups in total. The van der Waals surface area contributed by atoms with E-state index in [-0.39, 0.29) is 5.91 Å². The molecular weight excluding hydrogens is 336 g/mol. The van der Waals surface area contributed by atoms with Crippen molar-refractivity contribution >= 4 is 17.5 Å². The number of rotatable bonds is 6. The average Bonchev–Trinajstić information content (AvgIpc) is 3.06. The van der Waals surface area contributed by atoms with Gasteiger partial charge >= 0.3 is 0 Å². The number of aromatic nitrogens is 3. The van der Waals surface area contributed by atoms with Crippen LogP contribution in [0.1, 0.15) is 23.4 Å². The van der Waals surface area contributed by atoms with Crippen molar-refractivity contribution in [1.82, 2.24) is 19.9 Å². The molecule has 0 aliphatic heterocycles. The Balaban J connectivity index is 1.48. The molecule has 2 heterocycles. The summed E-state index contributed by atoms with van der Waals surface area (Å²) in [4.78, 5) is 20.6. The molecule has 3 rings (SSSR count). The molecule has 3 aromatic rings. The first-order valence-electron chi connectivity index (χ1n) is 8.08. The van der Waals surface area contributed by atoms with E-state index in [1.54, 1.807) is 12.4 Å². The summed E-state index contributed by atoms with van der Waals surface area (Å²) in [5.74, 6) is 1.72. The molecule has 0 aliphatic carbocycles. The number of carbonyl (C=O) groups excluding carboxylic acids is 1. The molecule has 0 saturated heterocycles. The number of hydrogen-bond acceptors (Lipinski definition) is 3. The van der Waals surface area contributed by atoms with Gasteiger partial charge in [0.05, 0.1) is 0 Å². The minimum Gasteiger partial charge on any atom is -0.352 e. The van der Waals surface area contributed by atoms with Gasteiger partial charge < -0.3 is 5.32 Å². The first kappa shape index (κ1) is 17.2. The van der Waals surface area contributed by atoms with Crippen LogP contribution in [-0.2, 0) is 17.8 Å². The van der Waals surface area contributed by atoms with E-state index >= 15 is 0 Å². The number of hydrogen-bond donors (Lipinski definition) is 1. The van der Waals surface area contributed by atoms with Crippen molar-refractivity contribution in [3.8, 4) is 5.82 Å². The molecule has 0 atom stereocenters. The fourth-order valence-corrected chi connectivity index (χ4v) is 2.61. The summed E-state index contributed by atoms with van der Waals surface area (Å²) in [6.45, 7) is 2.39. The van der Waals surface area contributed by atoms with E-state index in [1.165, 1.54) is 0 Å². The number of benzene rings is 1. The SMILES string of the molecule is Cc1nccn1-c1ccc(CNC(=O)CCc2ccc(Cl)cc2)cn1. The van der Waals surface area contributed by atoms with Crippen LogP contribution in [0.25, 0.3) is 5.82 Å². The van der Waals surface area contributed by atoms with Gasteiger partial charge in [-0.2, -0.15) is 0 Å². The van der Waals surface area contributed by atoms with Gasteiger partial charge in [-0.25, -0.2) is 9.97 Å². The lowest BCUT2D eigenvalue weighted by molar-refractivity contribution is -0.121. The highest BCUT2D eigenvalue weighted by molar-refractivity contribution is 6.30. The third-order valence-electron chi connectivity index (χ3n) is 3.93. The Labute approximate surface area is 151 Å². The van der Waals surface area contributed by atoms with Gasteiger partial charge in [-0.05, 0) is 42.7 Å². The van der Waals surface area contributed by atoms with Gasteiger partial charge in [-0.3, -0.25) is 9.36 Å². The van der Waals surface area contributed by atoms with Gasteiger partial charge in [0.25, 0.3) is 0 Å². The van der Waals surface area contributed by atoms with E-state index < -0.39 is 0 Å². The maximum atomic E-state index is 12.0. The lowest BCUT2D eigenvalue weighted by Crippen LogP contribution is -2.23. The highest BCUT2D eigenvalue weighted by Gasteiger charge is 2.05. The molecule has 6 heteroatoms.